The minimum Gasteiger partial charge on any atom is -0.462 e. The van der Waals surface area contributed by atoms with Crippen LogP contribution in [0, 0.1) is 0 Å². The van der Waals surface area contributed by atoms with E-state index in [1.807, 2.05) is 0 Å². The number of unbranched alkanes of at least 4 members (excludes halogenated alkanes) is 18. The number of hydrogen-bond donors (Lipinski definition) is 0. The fourth-order valence-electron chi connectivity index (χ4n) is 6.53. The van der Waals surface area contributed by atoms with E-state index in [1.165, 1.54) is 89.9 Å². The molecule has 0 spiro atoms. The maximum atomic E-state index is 12.8. The van der Waals surface area contributed by atoms with Crippen LogP contribution in [0.5, 0.6) is 0 Å². The molecule has 0 heterocycles. The molecule has 352 valence electrons. The molecule has 0 saturated carbocycles. The number of hydrogen-bond acceptors (Lipinski definition) is 6. The molecule has 0 bridgehead atoms. The van der Waals surface area contributed by atoms with E-state index >= 15 is 0 Å². The quantitative estimate of drug-likeness (QED) is 0.0200. The van der Waals surface area contributed by atoms with Gasteiger partial charge in [-0.05, 0) is 103 Å². The molecule has 62 heavy (non-hydrogen) atoms. The van der Waals surface area contributed by atoms with Gasteiger partial charge >= 0.3 is 17.9 Å². The van der Waals surface area contributed by atoms with Crippen LogP contribution in [-0.2, 0) is 28.6 Å². The maximum absolute atomic E-state index is 12.8. The number of ether oxygens (including phenoxy) is 3. The predicted molar refractivity (Wildman–Crippen MR) is 265 cm³/mol. The highest BCUT2D eigenvalue weighted by Gasteiger charge is 2.19. The molecule has 6 nitrogen and oxygen atoms in total. The van der Waals surface area contributed by atoms with E-state index in [0.717, 1.165) is 70.6 Å². The van der Waals surface area contributed by atoms with Gasteiger partial charge in [0, 0.05) is 19.3 Å². The van der Waals surface area contributed by atoms with Crippen molar-refractivity contribution in [2.45, 2.75) is 226 Å². The summed E-state index contributed by atoms with van der Waals surface area (Å²) >= 11 is 0. The van der Waals surface area contributed by atoms with E-state index in [9.17, 15) is 14.4 Å². The van der Waals surface area contributed by atoms with Crippen molar-refractivity contribution in [3.8, 4) is 0 Å². The molecular formula is C56H92O6. The molecule has 1 unspecified atom stereocenters. The van der Waals surface area contributed by atoms with Crippen LogP contribution in [0.3, 0.4) is 0 Å². The summed E-state index contributed by atoms with van der Waals surface area (Å²) in [6, 6.07) is 0. The molecule has 6 heteroatoms. The van der Waals surface area contributed by atoms with Crippen LogP contribution in [-0.4, -0.2) is 37.2 Å². The Kier molecular flexibility index (Phi) is 47.0. The topological polar surface area (TPSA) is 78.9 Å². The summed E-state index contributed by atoms with van der Waals surface area (Å²) in [5.74, 6) is -1.07. The van der Waals surface area contributed by atoms with Crippen LogP contribution < -0.4 is 0 Å². The Bertz CT molecular complexity index is 1260. The number of carbonyl (C=O) groups excluding carboxylic acids is 3. The van der Waals surface area contributed by atoms with Crippen molar-refractivity contribution < 1.29 is 28.6 Å². The fraction of sp³-hybridized carbons (Fsp3) is 0.661. The van der Waals surface area contributed by atoms with E-state index in [1.54, 1.807) is 0 Å². The Morgan fingerprint density at radius 1 is 0.355 bits per heavy atom. The Hall–Kier alpha value is -3.67. The first kappa shape index (κ1) is 58.3. The Morgan fingerprint density at radius 2 is 0.694 bits per heavy atom. The van der Waals surface area contributed by atoms with Crippen LogP contribution in [0.1, 0.15) is 220 Å². The second kappa shape index (κ2) is 50.0. The van der Waals surface area contributed by atoms with Crippen LogP contribution in [0.4, 0.5) is 0 Å². The van der Waals surface area contributed by atoms with E-state index in [0.29, 0.717) is 19.3 Å². The number of rotatable bonds is 44. The summed E-state index contributed by atoms with van der Waals surface area (Å²) in [6.45, 7) is 6.38. The standard InChI is InChI=1S/C56H92O6/c1-4-7-10-13-16-19-22-24-26-28-30-31-34-37-40-43-46-49-55(58)61-52-53(51-60-54(57)48-45-42-39-36-33-21-18-15-12-9-6-3)62-56(59)50-47-44-41-38-35-32-29-27-25-23-20-17-14-11-8-5-2/h9,12,18,21,24,26-27,29-32,35-37,39-40,53H,4-8,10-11,13-17,19-20,22-23,25,28,33-34,38,41-52H2,1-3H3/b12-9-,21-18-,26-24-,29-27-,31-30-,35-32-,39-36-,40-37-. The van der Waals surface area contributed by atoms with Crippen molar-refractivity contribution in [3.05, 3.63) is 97.2 Å². The summed E-state index contributed by atoms with van der Waals surface area (Å²) in [5.41, 5.74) is 0. The summed E-state index contributed by atoms with van der Waals surface area (Å²) in [5, 5.41) is 0. The smallest absolute Gasteiger partial charge is 0.306 e. The van der Waals surface area contributed by atoms with E-state index < -0.39 is 6.10 Å². The molecule has 0 aliphatic carbocycles. The molecule has 0 aromatic heterocycles. The minimum absolute atomic E-state index is 0.131. The van der Waals surface area contributed by atoms with Gasteiger partial charge < -0.3 is 14.2 Å². The third-order valence-corrected chi connectivity index (χ3v) is 10.3. The van der Waals surface area contributed by atoms with Crippen molar-refractivity contribution in [3.63, 3.8) is 0 Å². The first-order valence-electron chi connectivity index (χ1n) is 25.3. The zero-order chi connectivity index (χ0) is 45.1. The molecule has 1 atom stereocenters. The van der Waals surface area contributed by atoms with Crippen molar-refractivity contribution in [1.29, 1.82) is 0 Å². The average Bonchev–Trinajstić information content (AvgIpc) is 3.27. The van der Waals surface area contributed by atoms with Gasteiger partial charge in [0.2, 0.25) is 0 Å². The molecular weight excluding hydrogens is 769 g/mol. The highest BCUT2D eigenvalue weighted by Crippen LogP contribution is 2.12. The van der Waals surface area contributed by atoms with Crippen LogP contribution in [0.25, 0.3) is 0 Å². The van der Waals surface area contributed by atoms with Crippen molar-refractivity contribution in [2.24, 2.45) is 0 Å². The summed E-state index contributed by atoms with van der Waals surface area (Å²) in [7, 11) is 0. The van der Waals surface area contributed by atoms with E-state index in [-0.39, 0.29) is 50.4 Å². The zero-order valence-electron chi connectivity index (χ0n) is 40.1. The molecule has 0 radical (unpaired) electrons. The zero-order valence-corrected chi connectivity index (χ0v) is 40.1. The number of carbonyl (C=O) groups is 3. The maximum Gasteiger partial charge on any atom is 0.306 e. The van der Waals surface area contributed by atoms with Crippen LogP contribution >= 0.6 is 0 Å². The number of esters is 3. The van der Waals surface area contributed by atoms with Gasteiger partial charge in [0.25, 0.3) is 0 Å². The summed E-state index contributed by atoms with van der Waals surface area (Å²) in [4.78, 5) is 37.8. The van der Waals surface area contributed by atoms with Gasteiger partial charge in [0.1, 0.15) is 13.2 Å². The van der Waals surface area contributed by atoms with Gasteiger partial charge in [-0.25, -0.2) is 0 Å². The van der Waals surface area contributed by atoms with Crippen LogP contribution in [0.15, 0.2) is 97.2 Å². The Morgan fingerprint density at radius 3 is 1.13 bits per heavy atom. The molecule has 0 saturated heterocycles. The molecule has 0 aliphatic rings. The Balaban J connectivity index is 4.55. The van der Waals surface area contributed by atoms with Crippen LogP contribution in [0.2, 0.25) is 0 Å². The minimum atomic E-state index is -0.831. The monoisotopic (exact) mass is 861 g/mol. The molecule has 0 aliphatic heterocycles. The predicted octanol–water partition coefficient (Wildman–Crippen LogP) is 16.6. The first-order valence-corrected chi connectivity index (χ1v) is 25.3. The van der Waals surface area contributed by atoms with Gasteiger partial charge in [0.05, 0.1) is 0 Å². The average molecular weight is 861 g/mol. The van der Waals surface area contributed by atoms with E-state index in [4.69, 9.17) is 14.2 Å². The molecule has 0 aromatic carbocycles. The van der Waals surface area contributed by atoms with Gasteiger partial charge in [-0.15, -0.1) is 0 Å². The van der Waals surface area contributed by atoms with Gasteiger partial charge in [0.15, 0.2) is 6.10 Å². The molecule has 0 aromatic rings. The highest BCUT2D eigenvalue weighted by atomic mass is 16.6. The third kappa shape index (κ3) is 47.4. The Labute approximate surface area is 381 Å². The summed E-state index contributed by atoms with van der Waals surface area (Å²) < 4.78 is 16.6. The normalized spacial score (nSPS) is 12.9. The van der Waals surface area contributed by atoms with Gasteiger partial charge in [-0.1, -0.05) is 195 Å². The molecule has 0 amide bonds. The fourth-order valence-corrected chi connectivity index (χ4v) is 6.53. The largest absolute Gasteiger partial charge is 0.462 e. The second-order valence-corrected chi connectivity index (χ2v) is 16.4. The van der Waals surface area contributed by atoms with Crippen molar-refractivity contribution in [1.82, 2.24) is 0 Å². The molecule has 0 rings (SSSR count). The molecule has 0 N–H and O–H groups in total. The lowest BCUT2D eigenvalue weighted by molar-refractivity contribution is -0.167. The van der Waals surface area contributed by atoms with E-state index in [2.05, 4.69) is 118 Å². The number of allylic oxidation sites excluding steroid dienone is 16. The van der Waals surface area contributed by atoms with Gasteiger partial charge in [-0.2, -0.15) is 0 Å². The summed E-state index contributed by atoms with van der Waals surface area (Å²) in [6.07, 6.45) is 65.5. The lowest BCUT2D eigenvalue weighted by atomic mass is 10.1. The van der Waals surface area contributed by atoms with Crippen molar-refractivity contribution in [2.75, 3.05) is 13.2 Å². The SMILES string of the molecule is CC/C=C\C/C=C\C/C=C\CCCC(=O)OCC(COC(=O)CCC/C=C\C/C=C\C/C=C\CCCCCCCC)OC(=O)CCCCC/C=C\C=C/CCCCCCCCC. The van der Waals surface area contributed by atoms with Gasteiger partial charge in [-0.3, -0.25) is 14.4 Å². The first-order chi connectivity index (χ1) is 30.5. The highest BCUT2D eigenvalue weighted by molar-refractivity contribution is 5.71. The second-order valence-electron chi connectivity index (χ2n) is 16.4. The van der Waals surface area contributed by atoms with Crippen molar-refractivity contribution >= 4 is 17.9 Å². The molecule has 0 fully saturated rings. The lowest BCUT2D eigenvalue weighted by Crippen LogP contribution is -2.30. The third-order valence-electron chi connectivity index (χ3n) is 10.3. The lowest BCUT2D eigenvalue weighted by Gasteiger charge is -2.18.